The molecule has 0 heteroatoms. The zero-order chi connectivity index (χ0) is 20.5. The summed E-state index contributed by atoms with van der Waals surface area (Å²) in [6.45, 7) is 31.0. The van der Waals surface area contributed by atoms with Gasteiger partial charge in [0.25, 0.3) is 0 Å². The molecule has 0 rings (SSSR count). The topological polar surface area (TPSA) is 0 Å². The van der Waals surface area contributed by atoms with Gasteiger partial charge in [-0.05, 0) is 25.7 Å². The lowest BCUT2D eigenvalue weighted by Crippen LogP contribution is -1.89. The van der Waals surface area contributed by atoms with Crippen LogP contribution in [-0.2, 0) is 0 Å². The second-order valence-corrected chi connectivity index (χ2v) is 3.66. The van der Waals surface area contributed by atoms with Crippen molar-refractivity contribution in [3.05, 3.63) is 12.2 Å². The Morgan fingerprint density at radius 3 is 1.13 bits per heavy atom. The minimum Gasteiger partial charge on any atom is -0.0917 e. The molecule has 0 aromatic heterocycles. The molecule has 1 atom stereocenters. The Kier molecular flexibility index (Phi) is 186. The molecule has 0 amide bonds. The van der Waals surface area contributed by atoms with Gasteiger partial charge in [0.1, 0.15) is 0 Å². The zero-order valence-electron chi connectivity index (χ0n) is 20.3. The first-order chi connectivity index (χ1) is 11.2. The van der Waals surface area contributed by atoms with E-state index in [0.717, 1.165) is 5.92 Å². The zero-order valence-corrected chi connectivity index (χ0v) is 20.3. The Balaban J connectivity index is -0.0000000310. The molecule has 0 fully saturated rings. The molecule has 0 saturated carbocycles. The maximum atomic E-state index is 2.31. The number of hydrogen-bond donors (Lipinski definition) is 0. The molecule has 0 heterocycles. The van der Waals surface area contributed by atoms with Gasteiger partial charge in [0, 0.05) is 0 Å². The molecule has 0 bridgehead atoms. The van der Waals surface area contributed by atoms with Gasteiger partial charge >= 0.3 is 0 Å². The van der Waals surface area contributed by atoms with E-state index in [4.69, 9.17) is 0 Å². The number of rotatable bonds is 5. The molecular weight excluding hydrogens is 276 g/mol. The molecule has 0 spiro atoms. The van der Waals surface area contributed by atoms with E-state index in [1.165, 1.54) is 32.1 Å². The lowest BCUT2D eigenvalue weighted by atomic mass is 10.0. The SMILES string of the molecule is C/C=C/CCC(C)CC.CC.CC.CC.CC.CC.CCCC. The second-order valence-electron chi connectivity index (χ2n) is 3.66. The Morgan fingerprint density at radius 2 is 0.957 bits per heavy atom. The highest BCUT2D eigenvalue weighted by Crippen LogP contribution is 2.08. The summed E-state index contributed by atoms with van der Waals surface area (Å²) >= 11 is 0. The van der Waals surface area contributed by atoms with Gasteiger partial charge in [0.05, 0.1) is 0 Å². The van der Waals surface area contributed by atoms with Gasteiger partial charge in [-0.1, -0.05) is 128 Å². The molecule has 0 aliphatic rings. The fraction of sp³-hybridized carbons (Fsp3) is 0.913. The third kappa shape index (κ3) is 141. The van der Waals surface area contributed by atoms with Crippen molar-refractivity contribution in [3.8, 4) is 0 Å². The highest BCUT2D eigenvalue weighted by Gasteiger charge is 1.93. The Hall–Kier alpha value is -0.260. The first-order valence-corrected chi connectivity index (χ1v) is 10.8. The Labute approximate surface area is 154 Å². The van der Waals surface area contributed by atoms with Crippen molar-refractivity contribution in [3.63, 3.8) is 0 Å². The van der Waals surface area contributed by atoms with E-state index in [1.54, 1.807) is 0 Å². The number of unbranched alkanes of at least 4 members (excludes halogenated alkanes) is 1. The summed E-state index contributed by atoms with van der Waals surface area (Å²) in [5.74, 6) is 0.904. The van der Waals surface area contributed by atoms with Gasteiger partial charge in [-0.2, -0.15) is 0 Å². The van der Waals surface area contributed by atoms with Gasteiger partial charge in [0.2, 0.25) is 0 Å². The molecule has 0 aliphatic heterocycles. The molecule has 150 valence electrons. The molecule has 0 radical (unpaired) electrons. The summed E-state index contributed by atoms with van der Waals surface area (Å²) in [6.07, 6.45) is 10.9. The molecule has 0 nitrogen and oxygen atoms in total. The van der Waals surface area contributed by atoms with Crippen LogP contribution >= 0.6 is 0 Å². The van der Waals surface area contributed by atoms with Crippen LogP contribution < -0.4 is 0 Å². The Morgan fingerprint density at radius 1 is 0.652 bits per heavy atom. The first kappa shape index (κ1) is 43.4. The fourth-order valence-corrected chi connectivity index (χ4v) is 0.752. The predicted octanol–water partition coefficient (Wildman–Crippen LogP) is 10.3. The number of allylic oxidation sites excluding steroid dienone is 2. The summed E-state index contributed by atoms with van der Waals surface area (Å²) < 4.78 is 0. The largest absolute Gasteiger partial charge is 0.0917 e. The maximum absolute atomic E-state index is 2.31. The van der Waals surface area contributed by atoms with Crippen LogP contribution in [0.25, 0.3) is 0 Å². The second kappa shape index (κ2) is 98.6. The van der Waals surface area contributed by atoms with E-state index in [0.29, 0.717) is 0 Å². The van der Waals surface area contributed by atoms with Crippen LogP contribution in [0.3, 0.4) is 0 Å². The van der Waals surface area contributed by atoms with E-state index in [-0.39, 0.29) is 0 Å². The standard InChI is InChI=1S/C9H18.C4H10.5C2H6/c1-4-6-7-8-9(3)5-2;1-3-4-2;5*1-2/h4,6,9H,5,7-8H2,1-3H3;3-4H2,1-2H3;5*1-2H3/b6-4+;;;;;;. The van der Waals surface area contributed by atoms with Crippen molar-refractivity contribution in [2.24, 2.45) is 5.92 Å². The molecule has 23 heavy (non-hydrogen) atoms. The first-order valence-electron chi connectivity index (χ1n) is 10.8. The van der Waals surface area contributed by atoms with Gasteiger partial charge in [-0.3, -0.25) is 0 Å². The number of hydrogen-bond acceptors (Lipinski definition) is 0. The third-order valence-electron chi connectivity index (χ3n) is 2.26. The molecule has 0 N–H and O–H groups in total. The molecule has 0 saturated heterocycles. The van der Waals surface area contributed by atoms with Crippen molar-refractivity contribution in [2.75, 3.05) is 0 Å². The van der Waals surface area contributed by atoms with Crippen LogP contribution in [0.1, 0.15) is 136 Å². The fourth-order valence-electron chi connectivity index (χ4n) is 0.752. The van der Waals surface area contributed by atoms with Crippen LogP contribution in [0.2, 0.25) is 0 Å². The van der Waals surface area contributed by atoms with Gasteiger partial charge in [0.15, 0.2) is 0 Å². The average molecular weight is 335 g/mol. The molecule has 0 aromatic carbocycles. The van der Waals surface area contributed by atoms with Crippen molar-refractivity contribution < 1.29 is 0 Å². The monoisotopic (exact) mass is 334 g/mol. The highest BCUT2D eigenvalue weighted by atomic mass is 14.0. The molecule has 1 unspecified atom stereocenters. The highest BCUT2D eigenvalue weighted by molar-refractivity contribution is 4.76. The van der Waals surface area contributed by atoms with Gasteiger partial charge < -0.3 is 0 Å². The summed E-state index contributed by atoms with van der Waals surface area (Å²) in [6, 6.07) is 0. The van der Waals surface area contributed by atoms with E-state index in [9.17, 15) is 0 Å². The van der Waals surface area contributed by atoms with Crippen molar-refractivity contribution >= 4 is 0 Å². The quantitative estimate of drug-likeness (QED) is 0.438. The van der Waals surface area contributed by atoms with Gasteiger partial charge in [-0.15, -0.1) is 0 Å². The lowest BCUT2D eigenvalue weighted by molar-refractivity contribution is 0.521. The van der Waals surface area contributed by atoms with Crippen molar-refractivity contribution in [1.82, 2.24) is 0 Å². The van der Waals surface area contributed by atoms with E-state index in [1.807, 2.05) is 69.2 Å². The molecule has 0 aromatic rings. The minimum atomic E-state index is 0.904. The molecular formula is C23H58. The van der Waals surface area contributed by atoms with Crippen LogP contribution in [0, 0.1) is 5.92 Å². The average Bonchev–Trinajstić information content (AvgIpc) is 2.70. The Bertz CT molecular complexity index is 90.2. The van der Waals surface area contributed by atoms with Crippen LogP contribution in [0.15, 0.2) is 12.2 Å². The van der Waals surface area contributed by atoms with E-state index < -0.39 is 0 Å². The lowest BCUT2D eigenvalue weighted by Gasteiger charge is -2.03. The maximum Gasteiger partial charge on any atom is -0.0348 e. The normalized spacial score (nSPS) is 8.30. The van der Waals surface area contributed by atoms with Crippen LogP contribution in [0.5, 0.6) is 0 Å². The van der Waals surface area contributed by atoms with Crippen LogP contribution in [0.4, 0.5) is 0 Å². The van der Waals surface area contributed by atoms with E-state index in [2.05, 4.69) is 46.8 Å². The summed E-state index contributed by atoms with van der Waals surface area (Å²) in [4.78, 5) is 0. The van der Waals surface area contributed by atoms with Crippen molar-refractivity contribution in [1.29, 1.82) is 0 Å². The molecule has 0 aliphatic carbocycles. The smallest absolute Gasteiger partial charge is 0.0348 e. The summed E-state index contributed by atoms with van der Waals surface area (Å²) in [7, 11) is 0. The summed E-state index contributed by atoms with van der Waals surface area (Å²) in [5.41, 5.74) is 0. The summed E-state index contributed by atoms with van der Waals surface area (Å²) in [5, 5.41) is 0. The predicted molar refractivity (Wildman–Crippen MR) is 121 cm³/mol. The van der Waals surface area contributed by atoms with E-state index >= 15 is 0 Å². The minimum absolute atomic E-state index is 0.904. The van der Waals surface area contributed by atoms with Crippen LogP contribution in [-0.4, -0.2) is 0 Å². The van der Waals surface area contributed by atoms with Gasteiger partial charge in [-0.25, -0.2) is 0 Å². The third-order valence-corrected chi connectivity index (χ3v) is 2.26. The van der Waals surface area contributed by atoms with Crippen molar-refractivity contribution in [2.45, 2.75) is 136 Å².